The molecule has 2 aromatic rings. The van der Waals surface area contributed by atoms with E-state index in [9.17, 15) is 4.79 Å². The Balaban J connectivity index is 1.61. The summed E-state index contributed by atoms with van der Waals surface area (Å²) in [5, 5.41) is 3.29. The molecule has 4 rings (SSSR count). The smallest absolute Gasteiger partial charge is 0.318 e. The number of urea groups is 1. The summed E-state index contributed by atoms with van der Waals surface area (Å²) in [5.74, 6) is 0. The average molecular weight is 402 g/mol. The van der Waals surface area contributed by atoms with Gasteiger partial charge in [0.05, 0.1) is 6.04 Å². The minimum Gasteiger partial charge on any atom is -0.348 e. The van der Waals surface area contributed by atoms with Gasteiger partial charge in [0.1, 0.15) is 0 Å². The predicted octanol–water partition coefficient (Wildman–Crippen LogP) is 4.70. The van der Waals surface area contributed by atoms with Crippen LogP contribution in [0.5, 0.6) is 0 Å². The van der Waals surface area contributed by atoms with Crippen LogP contribution in [-0.2, 0) is 6.54 Å². The van der Waals surface area contributed by atoms with Crippen molar-refractivity contribution in [3.05, 3.63) is 58.3 Å². The molecule has 1 aromatic carbocycles. The van der Waals surface area contributed by atoms with E-state index in [0.717, 1.165) is 36.0 Å². The topological polar surface area (TPSA) is 37.3 Å². The van der Waals surface area contributed by atoms with E-state index in [1.165, 1.54) is 25.0 Å². The summed E-state index contributed by atoms with van der Waals surface area (Å²) < 4.78 is 3.32. The highest BCUT2D eigenvalue weighted by Crippen LogP contribution is 2.33. The molecule has 2 amide bonds. The Morgan fingerprint density at radius 3 is 2.56 bits per heavy atom. The molecule has 1 aromatic heterocycles. The molecule has 132 valence electrons. The number of rotatable bonds is 2. The molecule has 0 bridgehead atoms. The number of carbonyl (C=O) groups excluding carboxylic acids is 1. The first-order chi connectivity index (χ1) is 12.2. The number of benzene rings is 1. The third-order valence-corrected chi connectivity index (χ3v) is 5.95. The van der Waals surface area contributed by atoms with Crippen molar-refractivity contribution in [3.8, 4) is 0 Å². The number of hydrogen-bond donors (Lipinski definition) is 1. The van der Waals surface area contributed by atoms with Gasteiger partial charge in [0, 0.05) is 35.5 Å². The maximum absolute atomic E-state index is 13.0. The molecule has 1 atom stereocenters. The van der Waals surface area contributed by atoms with Gasteiger partial charge in [0.15, 0.2) is 0 Å². The van der Waals surface area contributed by atoms with Crippen LogP contribution in [0.4, 0.5) is 4.79 Å². The molecule has 4 nitrogen and oxygen atoms in total. The second kappa shape index (κ2) is 7.24. The highest BCUT2D eigenvalue weighted by atomic mass is 79.9. The fraction of sp³-hybridized carbons (Fsp3) is 0.450. The van der Waals surface area contributed by atoms with E-state index in [4.69, 9.17) is 0 Å². The fourth-order valence-corrected chi connectivity index (χ4v) is 4.37. The van der Waals surface area contributed by atoms with Crippen LogP contribution in [0.1, 0.15) is 49.4 Å². The number of hydrogen-bond acceptors (Lipinski definition) is 1. The SMILES string of the molecule is O=C(NC1CCCCC1)N1CCn2cccc2[C@H]1c1ccc(Br)cc1. The summed E-state index contributed by atoms with van der Waals surface area (Å²) in [6.45, 7) is 1.59. The number of amides is 2. The van der Waals surface area contributed by atoms with Crippen molar-refractivity contribution >= 4 is 22.0 Å². The van der Waals surface area contributed by atoms with Gasteiger partial charge in [-0.05, 0) is 42.7 Å². The number of fused-ring (bicyclic) bond motifs is 1. The van der Waals surface area contributed by atoms with Crippen LogP contribution in [0.2, 0.25) is 0 Å². The summed E-state index contributed by atoms with van der Waals surface area (Å²) in [4.78, 5) is 15.1. The van der Waals surface area contributed by atoms with Gasteiger partial charge in [-0.25, -0.2) is 4.79 Å². The van der Waals surface area contributed by atoms with Crippen LogP contribution in [0.3, 0.4) is 0 Å². The van der Waals surface area contributed by atoms with Crippen molar-refractivity contribution in [2.75, 3.05) is 6.54 Å². The summed E-state index contributed by atoms with van der Waals surface area (Å²) >= 11 is 3.51. The molecule has 0 unspecified atom stereocenters. The molecule has 1 saturated carbocycles. The van der Waals surface area contributed by atoms with Gasteiger partial charge >= 0.3 is 6.03 Å². The molecule has 0 saturated heterocycles. The molecule has 1 aliphatic carbocycles. The molecular weight excluding hydrogens is 378 g/mol. The Hall–Kier alpha value is -1.75. The van der Waals surface area contributed by atoms with Crippen molar-refractivity contribution in [1.29, 1.82) is 0 Å². The zero-order chi connectivity index (χ0) is 17.2. The van der Waals surface area contributed by atoms with E-state index < -0.39 is 0 Å². The number of halogens is 1. The van der Waals surface area contributed by atoms with Crippen molar-refractivity contribution < 1.29 is 4.79 Å². The van der Waals surface area contributed by atoms with Crippen molar-refractivity contribution in [2.45, 2.75) is 50.7 Å². The molecule has 1 aliphatic heterocycles. The number of nitrogens with one attached hydrogen (secondary N) is 1. The second-order valence-corrected chi connectivity index (χ2v) is 7.97. The third kappa shape index (κ3) is 3.47. The normalized spacial score (nSPS) is 21.0. The van der Waals surface area contributed by atoms with Gasteiger partial charge in [-0.3, -0.25) is 0 Å². The van der Waals surface area contributed by atoms with Gasteiger partial charge in [0.25, 0.3) is 0 Å². The lowest BCUT2D eigenvalue weighted by atomic mass is 9.95. The second-order valence-electron chi connectivity index (χ2n) is 7.06. The van der Waals surface area contributed by atoms with E-state index >= 15 is 0 Å². The highest BCUT2D eigenvalue weighted by Gasteiger charge is 2.33. The lowest BCUT2D eigenvalue weighted by Gasteiger charge is -2.38. The van der Waals surface area contributed by atoms with Gasteiger partial charge in [-0.2, -0.15) is 0 Å². The third-order valence-electron chi connectivity index (χ3n) is 5.42. The van der Waals surface area contributed by atoms with E-state index in [1.54, 1.807) is 0 Å². The van der Waals surface area contributed by atoms with Gasteiger partial charge in [-0.1, -0.05) is 47.3 Å². The zero-order valence-corrected chi connectivity index (χ0v) is 15.9. The number of nitrogens with zero attached hydrogens (tertiary/aromatic N) is 2. The van der Waals surface area contributed by atoms with E-state index in [1.807, 2.05) is 4.90 Å². The Kier molecular flexibility index (Phi) is 4.84. The largest absolute Gasteiger partial charge is 0.348 e. The Morgan fingerprint density at radius 1 is 1.04 bits per heavy atom. The van der Waals surface area contributed by atoms with Crippen LogP contribution in [-0.4, -0.2) is 28.1 Å². The molecule has 25 heavy (non-hydrogen) atoms. The monoisotopic (exact) mass is 401 g/mol. The van der Waals surface area contributed by atoms with Gasteiger partial charge in [0.2, 0.25) is 0 Å². The summed E-state index contributed by atoms with van der Waals surface area (Å²) in [7, 11) is 0. The lowest BCUT2D eigenvalue weighted by molar-refractivity contribution is 0.162. The van der Waals surface area contributed by atoms with E-state index in [0.29, 0.717) is 6.04 Å². The Labute approximate surface area is 157 Å². The quantitative estimate of drug-likeness (QED) is 0.777. The van der Waals surface area contributed by atoms with Crippen molar-refractivity contribution in [2.24, 2.45) is 0 Å². The molecule has 0 spiro atoms. The van der Waals surface area contributed by atoms with Crippen LogP contribution < -0.4 is 5.32 Å². The fourth-order valence-electron chi connectivity index (χ4n) is 4.10. The van der Waals surface area contributed by atoms with Gasteiger partial charge < -0.3 is 14.8 Å². The average Bonchev–Trinajstić information content (AvgIpc) is 3.11. The van der Waals surface area contributed by atoms with Crippen molar-refractivity contribution in [1.82, 2.24) is 14.8 Å². The molecule has 2 heterocycles. The summed E-state index contributed by atoms with van der Waals surface area (Å²) in [5.41, 5.74) is 2.34. The predicted molar refractivity (Wildman–Crippen MR) is 103 cm³/mol. The molecule has 2 aliphatic rings. The van der Waals surface area contributed by atoms with Crippen molar-refractivity contribution in [3.63, 3.8) is 0 Å². The zero-order valence-electron chi connectivity index (χ0n) is 14.3. The number of aromatic nitrogens is 1. The van der Waals surface area contributed by atoms with Crippen LogP contribution in [0.25, 0.3) is 0 Å². The van der Waals surface area contributed by atoms with E-state index in [-0.39, 0.29) is 12.1 Å². The van der Waals surface area contributed by atoms with Crippen LogP contribution in [0.15, 0.2) is 47.1 Å². The summed E-state index contributed by atoms with van der Waals surface area (Å²) in [6, 6.07) is 12.9. The molecular formula is C20H24BrN3O. The highest BCUT2D eigenvalue weighted by molar-refractivity contribution is 9.10. The van der Waals surface area contributed by atoms with E-state index in [2.05, 4.69) is 68.4 Å². The standard InChI is InChI=1S/C20H24BrN3O/c21-16-10-8-15(9-11-16)19-18-7-4-12-23(18)13-14-24(19)20(25)22-17-5-2-1-3-6-17/h4,7-12,17,19H,1-3,5-6,13-14H2,(H,22,25)/t19-/m1/s1. The van der Waals surface area contributed by atoms with Crippen LogP contribution in [0, 0.1) is 0 Å². The first kappa shape index (κ1) is 16.7. The number of carbonyl (C=O) groups is 1. The maximum Gasteiger partial charge on any atom is 0.318 e. The molecule has 1 fully saturated rings. The lowest BCUT2D eigenvalue weighted by Crippen LogP contribution is -2.50. The Bertz CT molecular complexity index is 734. The van der Waals surface area contributed by atoms with Crippen LogP contribution >= 0.6 is 15.9 Å². The Morgan fingerprint density at radius 2 is 1.80 bits per heavy atom. The summed E-state index contributed by atoms with van der Waals surface area (Å²) in [6.07, 6.45) is 8.08. The minimum absolute atomic E-state index is 0.0274. The van der Waals surface area contributed by atoms with Gasteiger partial charge in [-0.15, -0.1) is 0 Å². The molecule has 1 N–H and O–H groups in total. The maximum atomic E-state index is 13.0. The first-order valence-corrected chi connectivity index (χ1v) is 9.99. The molecule has 0 radical (unpaired) electrons. The first-order valence-electron chi connectivity index (χ1n) is 9.20. The molecule has 5 heteroatoms. The minimum atomic E-state index is -0.0274.